The molecule has 1 heterocycles. The first-order valence-corrected chi connectivity index (χ1v) is 7.63. The van der Waals surface area contributed by atoms with Crippen molar-refractivity contribution in [2.75, 3.05) is 18.5 Å². The minimum absolute atomic E-state index is 0.0188. The average Bonchev–Trinajstić information content (AvgIpc) is 2.58. The maximum absolute atomic E-state index is 11.3. The molecule has 0 amide bonds. The Morgan fingerprint density at radius 1 is 1.13 bits per heavy atom. The maximum atomic E-state index is 11.3. The van der Waals surface area contributed by atoms with Gasteiger partial charge in [-0.2, -0.15) is 0 Å². The topological polar surface area (TPSA) is 101 Å². The third-order valence-electron chi connectivity index (χ3n) is 3.42. The third kappa shape index (κ3) is 5.00. The molecule has 0 unspecified atom stereocenters. The van der Waals surface area contributed by atoms with E-state index in [9.17, 15) is 10.1 Å². The summed E-state index contributed by atoms with van der Waals surface area (Å²) in [5.41, 5.74) is 1.13. The molecule has 23 heavy (non-hydrogen) atoms. The van der Waals surface area contributed by atoms with Gasteiger partial charge in [0.15, 0.2) is 5.82 Å². The Balaban J connectivity index is 2.04. The molecule has 1 aromatic carbocycles. The average molecular weight is 316 g/mol. The van der Waals surface area contributed by atoms with E-state index in [4.69, 9.17) is 5.11 Å². The van der Waals surface area contributed by atoms with E-state index < -0.39 is 4.92 Å². The van der Waals surface area contributed by atoms with E-state index in [0.29, 0.717) is 23.6 Å². The maximum Gasteiger partial charge on any atom is 0.293 e. The highest BCUT2D eigenvalue weighted by molar-refractivity contribution is 5.70. The molecule has 2 N–H and O–H groups in total. The van der Waals surface area contributed by atoms with Crippen LogP contribution in [0.4, 0.5) is 11.4 Å². The summed E-state index contributed by atoms with van der Waals surface area (Å²) in [6.07, 6.45) is 6.86. The second kappa shape index (κ2) is 8.79. The van der Waals surface area contributed by atoms with Crippen LogP contribution in [0.3, 0.4) is 0 Å². The van der Waals surface area contributed by atoms with E-state index in [-0.39, 0.29) is 12.3 Å². The SMILES string of the molecule is O=[N+]([O-])c1cc(-c2ncccn2)ccc1NCCCCCCO. The standard InChI is InChI=1S/C16H20N4O3/c21-11-4-2-1-3-8-17-14-7-6-13(12-15(14)20(22)23)16-18-9-5-10-19-16/h5-7,9-10,12,17,21H,1-4,8,11H2. The first-order valence-electron chi connectivity index (χ1n) is 7.63. The second-order valence-corrected chi connectivity index (χ2v) is 5.13. The first kappa shape index (κ1) is 16.8. The number of aliphatic hydroxyl groups excluding tert-OH is 1. The molecule has 0 saturated carbocycles. The molecule has 2 aromatic rings. The molecule has 7 nitrogen and oxygen atoms in total. The predicted octanol–water partition coefficient (Wildman–Crippen LogP) is 3.02. The smallest absolute Gasteiger partial charge is 0.293 e. The summed E-state index contributed by atoms with van der Waals surface area (Å²) in [5, 5.41) is 23.1. The van der Waals surface area contributed by atoms with Crippen molar-refractivity contribution in [2.24, 2.45) is 0 Å². The fourth-order valence-corrected chi connectivity index (χ4v) is 2.23. The zero-order valence-corrected chi connectivity index (χ0v) is 12.8. The van der Waals surface area contributed by atoms with Gasteiger partial charge >= 0.3 is 0 Å². The Morgan fingerprint density at radius 3 is 2.57 bits per heavy atom. The number of unbranched alkanes of at least 4 members (excludes halogenated alkanes) is 3. The molecule has 0 aliphatic rings. The zero-order chi connectivity index (χ0) is 16.5. The highest BCUT2D eigenvalue weighted by Crippen LogP contribution is 2.29. The molecule has 122 valence electrons. The van der Waals surface area contributed by atoms with E-state index in [1.165, 1.54) is 6.07 Å². The molecule has 2 rings (SSSR count). The van der Waals surface area contributed by atoms with Crippen LogP contribution in [0.15, 0.2) is 36.7 Å². The minimum atomic E-state index is -0.402. The van der Waals surface area contributed by atoms with Crippen LogP contribution in [-0.4, -0.2) is 33.1 Å². The normalized spacial score (nSPS) is 10.5. The second-order valence-electron chi connectivity index (χ2n) is 5.13. The molecule has 1 aromatic heterocycles. The fraction of sp³-hybridized carbons (Fsp3) is 0.375. The number of aliphatic hydroxyl groups is 1. The van der Waals surface area contributed by atoms with Gasteiger partial charge in [0.25, 0.3) is 5.69 Å². The molecule has 0 saturated heterocycles. The van der Waals surface area contributed by atoms with Crippen molar-refractivity contribution in [1.29, 1.82) is 0 Å². The molecule has 0 spiro atoms. The van der Waals surface area contributed by atoms with Crippen LogP contribution in [0.1, 0.15) is 25.7 Å². The van der Waals surface area contributed by atoms with Crippen molar-refractivity contribution in [3.05, 3.63) is 46.8 Å². The van der Waals surface area contributed by atoms with E-state index in [1.54, 1.807) is 30.6 Å². The Labute approximate surface area is 134 Å². The van der Waals surface area contributed by atoms with Crippen LogP contribution in [0.5, 0.6) is 0 Å². The van der Waals surface area contributed by atoms with Crippen LogP contribution in [0, 0.1) is 10.1 Å². The van der Waals surface area contributed by atoms with E-state index >= 15 is 0 Å². The van der Waals surface area contributed by atoms with Crippen molar-refractivity contribution < 1.29 is 10.0 Å². The third-order valence-corrected chi connectivity index (χ3v) is 3.42. The number of rotatable bonds is 9. The van der Waals surface area contributed by atoms with Crippen molar-refractivity contribution in [1.82, 2.24) is 9.97 Å². The van der Waals surface area contributed by atoms with E-state index in [1.807, 2.05) is 0 Å². The minimum Gasteiger partial charge on any atom is -0.396 e. The Morgan fingerprint density at radius 2 is 1.87 bits per heavy atom. The van der Waals surface area contributed by atoms with Gasteiger partial charge in [0.05, 0.1) is 4.92 Å². The monoisotopic (exact) mass is 316 g/mol. The van der Waals surface area contributed by atoms with E-state index in [0.717, 1.165) is 25.7 Å². The van der Waals surface area contributed by atoms with Gasteiger partial charge in [0, 0.05) is 37.2 Å². The molecule has 0 aliphatic carbocycles. The van der Waals surface area contributed by atoms with Crippen molar-refractivity contribution in [3.63, 3.8) is 0 Å². The Hall–Kier alpha value is -2.54. The van der Waals surface area contributed by atoms with Crippen LogP contribution < -0.4 is 5.32 Å². The number of nitro groups is 1. The summed E-state index contributed by atoms with van der Waals surface area (Å²) in [6, 6.07) is 6.65. The summed E-state index contributed by atoms with van der Waals surface area (Å²) < 4.78 is 0. The molecule has 7 heteroatoms. The van der Waals surface area contributed by atoms with Crippen LogP contribution in [0.2, 0.25) is 0 Å². The Kier molecular flexibility index (Phi) is 6.43. The quantitative estimate of drug-likeness (QED) is 0.419. The summed E-state index contributed by atoms with van der Waals surface area (Å²) >= 11 is 0. The molecule has 0 atom stereocenters. The number of anilines is 1. The van der Waals surface area contributed by atoms with Gasteiger partial charge in [0.1, 0.15) is 5.69 Å². The van der Waals surface area contributed by atoms with Crippen LogP contribution >= 0.6 is 0 Å². The predicted molar refractivity (Wildman–Crippen MR) is 88.2 cm³/mol. The number of nitro benzene ring substituents is 1. The van der Waals surface area contributed by atoms with Gasteiger partial charge in [-0.3, -0.25) is 10.1 Å². The molecule has 0 fully saturated rings. The lowest BCUT2D eigenvalue weighted by Crippen LogP contribution is -2.04. The first-order chi connectivity index (χ1) is 11.2. The largest absolute Gasteiger partial charge is 0.396 e. The number of benzene rings is 1. The number of nitrogens with one attached hydrogen (secondary N) is 1. The molecule has 0 bridgehead atoms. The molecule has 0 radical (unpaired) electrons. The van der Waals surface area contributed by atoms with E-state index in [2.05, 4.69) is 15.3 Å². The van der Waals surface area contributed by atoms with Gasteiger partial charge < -0.3 is 10.4 Å². The number of hydrogen-bond acceptors (Lipinski definition) is 6. The van der Waals surface area contributed by atoms with Gasteiger partial charge in [-0.15, -0.1) is 0 Å². The van der Waals surface area contributed by atoms with Gasteiger partial charge in [-0.1, -0.05) is 12.8 Å². The van der Waals surface area contributed by atoms with Crippen molar-refractivity contribution in [3.8, 4) is 11.4 Å². The Bertz CT molecular complexity index is 634. The lowest BCUT2D eigenvalue weighted by molar-refractivity contribution is -0.383. The number of nitrogens with zero attached hydrogens (tertiary/aromatic N) is 3. The molecule has 0 aliphatic heterocycles. The van der Waals surface area contributed by atoms with Gasteiger partial charge in [-0.05, 0) is 31.0 Å². The van der Waals surface area contributed by atoms with Crippen molar-refractivity contribution in [2.45, 2.75) is 25.7 Å². The summed E-state index contributed by atoms with van der Waals surface area (Å²) in [7, 11) is 0. The van der Waals surface area contributed by atoms with Crippen LogP contribution in [0.25, 0.3) is 11.4 Å². The number of hydrogen-bond donors (Lipinski definition) is 2. The molecular formula is C16H20N4O3. The zero-order valence-electron chi connectivity index (χ0n) is 12.8. The lowest BCUT2D eigenvalue weighted by atomic mass is 10.1. The van der Waals surface area contributed by atoms with Crippen LogP contribution in [-0.2, 0) is 0 Å². The highest BCUT2D eigenvalue weighted by Gasteiger charge is 2.15. The lowest BCUT2D eigenvalue weighted by Gasteiger charge is -2.08. The summed E-state index contributed by atoms with van der Waals surface area (Å²) in [6.45, 7) is 0.870. The number of aromatic nitrogens is 2. The summed E-state index contributed by atoms with van der Waals surface area (Å²) in [4.78, 5) is 19.1. The summed E-state index contributed by atoms with van der Waals surface area (Å²) in [5.74, 6) is 0.464. The fourth-order valence-electron chi connectivity index (χ4n) is 2.23. The van der Waals surface area contributed by atoms with Gasteiger partial charge in [-0.25, -0.2) is 9.97 Å². The van der Waals surface area contributed by atoms with Gasteiger partial charge in [0.2, 0.25) is 0 Å². The highest BCUT2D eigenvalue weighted by atomic mass is 16.6. The molecular weight excluding hydrogens is 296 g/mol. The van der Waals surface area contributed by atoms with Crippen molar-refractivity contribution >= 4 is 11.4 Å².